The molecule has 2 aromatic rings. The molecule has 7 heteroatoms. The molecule has 0 aliphatic heterocycles. The standard InChI is InChI=1S/C14H14ClIN2O2S/c1-18(9-10-5-3-2-4-6-10)21(19,20)14-12(17)8-7-11(16)13(14)15/h2-8H,9,17H2,1H3. The van der Waals surface area contributed by atoms with Crippen molar-refractivity contribution in [1.82, 2.24) is 4.31 Å². The molecule has 0 saturated carbocycles. The third-order valence-electron chi connectivity index (χ3n) is 3.00. The summed E-state index contributed by atoms with van der Waals surface area (Å²) in [6, 6.07) is 12.6. The minimum atomic E-state index is -3.75. The summed E-state index contributed by atoms with van der Waals surface area (Å²) in [5, 5.41) is 0.163. The molecule has 0 aliphatic rings. The normalized spacial score (nSPS) is 11.8. The van der Waals surface area contributed by atoms with E-state index < -0.39 is 10.0 Å². The summed E-state index contributed by atoms with van der Waals surface area (Å²) >= 11 is 8.12. The van der Waals surface area contributed by atoms with Gasteiger partial charge in [0.2, 0.25) is 10.0 Å². The van der Waals surface area contributed by atoms with Gasteiger partial charge in [-0.15, -0.1) is 0 Å². The number of benzene rings is 2. The lowest BCUT2D eigenvalue weighted by atomic mass is 10.2. The highest BCUT2D eigenvalue weighted by molar-refractivity contribution is 14.1. The number of rotatable bonds is 4. The van der Waals surface area contributed by atoms with E-state index in [0.29, 0.717) is 3.57 Å². The number of halogens is 2. The van der Waals surface area contributed by atoms with Crippen LogP contribution in [0.25, 0.3) is 0 Å². The van der Waals surface area contributed by atoms with Gasteiger partial charge in [-0.25, -0.2) is 8.42 Å². The van der Waals surface area contributed by atoms with Gasteiger partial charge in [0.25, 0.3) is 0 Å². The average Bonchev–Trinajstić information content (AvgIpc) is 2.44. The summed E-state index contributed by atoms with van der Waals surface area (Å²) in [6.45, 7) is 0.254. The van der Waals surface area contributed by atoms with Gasteiger partial charge in [-0.3, -0.25) is 0 Å². The van der Waals surface area contributed by atoms with E-state index >= 15 is 0 Å². The third-order valence-corrected chi connectivity index (χ3v) is 6.62. The second kappa shape index (κ2) is 6.51. The highest BCUT2D eigenvalue weighted by Gasteiger charge is 2.27. The van der Waals surface area contributed by atoms with Crippen molar-refractivity contribution >= 4 is 49.9 Å². The number of nitrogens with zero attached hydrogens (tertiary/aromatic N) is 1. The lowest BCUT2D eigenvalue weighted by molar-refractivity contribution is 0.467. The van der Waals surface area contributed by atoms with Crippen molar-refractivity contribution in [1.29, 1.82) is 0 Å². The molecular weight excluding hydrogens is 423 g/mol. The van der Waals surface area contributed by atoms with E-state index in [-0.39, 0.29) is 22.2 Å². The zero-order chi connectivity index (χ0) is 15.6. The Bertz CT molecular complexity index is 751. The van der Waals surface area contributed by atoms with Crippen molar-refractivity contribution in [2.75, 3.05) is 12.8 Å². The van der Waals surface area contributed by atoms with Crippen LogP contribution >= 0.6 is 34.2 Å². The van der Waals surface area contributed by atoms with Crippen molar-refractivity contribution in [2.24, 2.45) is 0 Å². The monoisotopic (exact) mass is 436 g/mol. The van der Waals surface area contributed by atoms with Gasteiger partial charge in [-0.2, -0.15) is 4.31 Å². The van der Waals surface area contributed by atoms with Crippen molar-refractivity contribution in [3.05, 3.63) is 56.6 Å². The first-order chi connectivity index (χ1) is 9.84. The SMILES string of the molecule is CN(Cc1ccccc1)S(=O)(=O)c1c(N)ccc(I)c1Cl. The van der Waals surface area contributed by atoms with E-state index in [1.54, 1.807) is 12.1 Å². The van der Waals surface area contributed by atoms with E-state index in [1.807, 2.05) is 52.9 Å². The van der Waals surface area contributed by atoms with Gasteiger partial charge in [-0.1, -0.05) is 41.9 Å². The minimum absolute atomic E-state index is 0.0329. The zero-order valence-corrected chi connectivity index (χ0v) is 15.0. The average molecular weight is 437 g/mol. The number of anilines is 1. The van der Waals surface area contributed by atoms with Crippen molar-refractivity contribution in [2.45, 2.75) is 11.4 Å². The Morgan fingerprint density at radius 1 is 1.19 bits per heavy atom. The first-order valence-corrected chi connectivity index (χ1v) is 8.97. The van der Waals surface area contributed by atoms with Crippen molar-refractivity contribution in [3.63, 3.8) is 0 Å². The van der Waals surface area contributed by atoms with E-state index in [4.69, 9.17) is 17.3 Å². The van der Waals surface area contributed by atoms with Gasteiger partial charge in [-0.05, 0) is 40.3 Å². The summed E-state index contributed by atoms with van der Waals surface area (Å²) in [5.41, 5.74) is 6.86. The van der Waals surface area contributed by atoms with Gasteiger partial charge in [0.1, 0.15) is 4.90 Å². The molecule has 112 valence electrons. The molecule has 2 N–H and O–H groups in total. The quantitative estimate of drug-likeness (QED) is 0.590. The fraction of sp³-hybridized carbons (Fsp3) is 0.143. The Hall–Kier alpha value is -0.830. The van der Waals surface area contributed by atoms with Crippen LogP contribution in [0.4, 0.5) is 5.69 Å². The van der Waals surface area contributed by atoms with Gasteiger partial charge in [0.05, 0.1) is 10.7 Å². The van der Waals surface area contributed by atoms with Gasteiger partial charge < -0.3 is 5.73 Å². The molecule has 0 atom stereocenters. The smallest absolute Gasteiger partial charge is 0.246 e. The molecule has 0 radical (unpaired) electrons. The fourth-order valence-corrected chi connectivity index (χ4v) is 4.32. The van der Waals surface area contributed by atoms with Crippen LogP contribution in [0.2, 0.25) is 5.02 Å². The van der Waals surface area contributed by atoms with Crippen molar-refractivity contribution < 1.29 is 8.42 Å². The zero-order valence-electron chi connectivity index (χ0n) is 11.3. The van der Waals surface area contributed by atoms with E-state index in [0.717, 1.165) is 5.56 Å². The highest BCUT2D eigenvalue weighted by Crippen LogP contribution is 2.33. The molecule has 0 bridgehead atoms. The maximum absolute atomic E-state index is 12.7. The second-order valence-electron chi connectivity index (χ2n) is 4.53. The summed E-state index contributed by atoms with van der Waals surface area (Å²) in [7, 11) is -2.24. The Morgan fingerprint density at radius 2 is 1.81 bits per heavy atom. The van der Waals surface area contributed by atoms with Gasteiger partial charge in [0, 0.05) is 17.2 Å². The molecule has 0 aromatic heterocycles. The third kappa shape index (κ3) is 3.50. The first-order valence-electron chi connectivity index (χ1n) is 6.08. The molecule has 0 unspecified atom stereocenters. The molecule has 0 spiro atoms. The Labute approximate surface area is 143 Å². The van der Waals surface area contributed by atoms with Crippen LogP contribution in [0.15, 0.2) is 47.4 Å². The van der Waals surface area contributed by atoms with Gasteiger partial charge >= 0.3 is 0 Å². The molecular formula is C14H14ClIN2O2S. The molecule has 0 amide bonds. The summed E-state index contributed by atoms with van der Waals surface area (Å²) in [6.07, 6.45) is 0. The number of hydrogen-bond acceptors (Lipinski definition) is 3. The molecule has 0 fully saturated rings. The lowest BCUT2D eigenvalue weighted by Gasteiger charge is -2.19. The maximum Gasteiger partial charge on any atom is 0.246 e. The molecule has 0 aliphatic carbocycles. The topological polar surface area (TPSA) is 63.4 Å². The largest absolute Gasteiger partial charge is 0.398 e. The van der Waals surface area contributed by atoms with E-state index in [1.165, 1.54) is 11.4 Å². The Balaban J connectivity index is 2.41. The van der Waals surface area contributed by atoms with Crippen LogP contribution in [0.5, 0.6) is 0 Å². The predicted molar refractivity (Wildman–Crippen MR) is 93.7 cm³/mol. The number of sulfonamides is 1. The Kier molecular flexibility index (Phi) is 5.13. The second-order valence-corrected chi connectivity index (χ2v) is 8.05. The van der Waals surface area contributed by atoms with E-state index in [9.17, 15) is 8.42 Å². The molecule has 2 rings (SSSR count). The maximum atomic E-state index is 12.7. The number of hydrogen-bond donors (Lipinski definition) is 1. The lowest BCUT2D eigenvalue weighted by Crippen LogP contribution is -2.27. The number of nitrogens with two attached hydrogens (primary N) is 1. The summed E-state index contributed by atoms with van der Waals surface area (Å²) < 4.78 is 27.3. The van der Waals surface area contributed by atoms with Crippen LogP contribution < -0.4 is 5.73 Å². The van der Waals surface area contributed by atoms with Gasteiger partial charge in [0.15, 0.2) is 0 Å². The molecule has 4 nitrogen and oxygen atoms in total. The summed E-state index contributed by atoms with van der Waals surface area (Å²) in [4.78, 5) is -0.0329. The molecule has 2 aromatic carbocycles. The highest BCUT2D eigenvalue weighted by atomic mass is 127. The van der Waals surface area contributed by atoms with Crippen LogP contribution in [0.1, 0.15) is 5.56 Å². The molecule has 21 heavy (non-hydrogen) atoms. The van der Waals surface area contributed by atoms with Crippen LogP contribution in [0, 0.1) is 3.57 Å². The molecule has 0 saturated heterocycles. The fourth-order valence-electron chi connectivity index (χ4n) is 1.89. The Morgan fingerprint density at radius 3 is 2.43 bits per heavy atom. The molecule has 0 heterocycles. The van der Waals surface area contributed by atoms with Crippen LogP contribution in [-0.4, -0.2) is 19.8 Å². The summed E-state index contributed by atoms with van der Waals surface area (Å²) in [5.74, 6) is 0. The van der Waals surface area contributed by atoms with Crippen LogP contribution in [-0.2, 0) is 16.6 Å². The minimum Gasteiger partial charge on any atom is -0.398 e. The first kappa shape index (κ1) is 16.5. The van der Waals surface area contributed by atoms with E-state index in [2.05, 4.69) is 0 Å². The number of nitrogen functional groups attached to an aromatic ring is 1. The van der Waals surface area contributed by atoms with Crippen LogP contribution in [0.3, 0.4) is 0 Å². The predicted octanol–water partition coefficient (Wildman–Crippen LogP) is 3.35. The van der Waals surface area contributed by atoms with Crippen molar-refractivity contribution in [3.8, 4) is 0 Å².